The van der Waals surface area contributed by atoms with Crippen LogP contribution in [0.2, 0.25) is 0 Å². The van der Waals surface area contributed by atoms with Crippen LogP contribution in [0.25, 0.3) is 0 Å². The summed E-state index contributed by atoms with van der Waals surface area (Å²) in [6, 6.07) is 0. The summed E-state index contributed by atoms with van der Waals surface area (Å²) in [4.78, 5) is 4.66. The van der Waals surface area contributed by atoms with E-state index in [2.05, 4.69) is 22.5 Å². The van der Waals surface area contributed by atoms with Crippen molar-refractivity contribution in [2.45, 2.75) is 77.2 Å². The smallest absolute Gasteiger partial charge is 0.191 e. The Morgan fingerprint density at radius 1 is 1.04 bits per heavy atom. The maximum absolute atomic E-state index is 5.90. The fourth-order valence-electron chi connectivity index (χ4n) is 3.75. The van der Waals surface area contributed by atoms with Crippen molar-refractivity contribution in [2.75, 3.05) is 39.5 Å². The fraction of sp³-hybridized carbons (Fsp3) is 0.950. The molecule has 1 saturated carbocycles. The number of nitrogens with zero attached hydrogens (tertiary/aromatic N) is 1. The van der Waals surface area contributed by atoms with Crippen LogP contribution in [0.4, 0.5) is 0 Å². The predicted molar refractivity (Wildman–Crippen MR) is 120 cm³/mol. The van der Waals surface area contributed by atoms with Gasteiger partial charge in [-0.05, 0) is 38.5 Å². The molecule has 1 saturated heterocycles. The van der Waals surface area contributed by atoms with E-state index < -0.39 is 0 Å². The molecule has 0 spiro atoms. The van der Waals surface area contributed by atoms with Gasteiger partial charge < -0.3 is 20.1 Å². The molecule has 0 aromatic carbocycles. The van der Waals surface area contributed by atoms with Gasteiger partial charge in [-0.1, -0.05) is 38.5 Å². The third-order valence-electron chi connectivity index (χ3n) is 5.24. The van der Waals surface area contributed by atoms with E-state index in [1.807, 2.05) is 0 Å². The van der Waals surface area contributed by atoms with Gasteiger partial charge in [0.1, 0.15) is 0 Å². The van der Waals surface area contributed by atoms with Crippen molar-refractivity contribution in [3.05, 3.63) is 0 Å². The summed E-state index contributed by atoms with van der Waals surface area (Å²) in [5.74, 6) is 1.96. The Kier molecular flexibility index (Phi) is 14.7. The van der Waals surface area contributed by atoms with Crippen LogP contribution in [0.3, 0.4) is 0 Å². The molecule has 154 valence electrons. The maximum Gasteiger partial charge on any atom is 0.191 e. The molecule has 0 amide bonds. The van der Waals surface area contributed by atoms with Crippen molar-refractivity contribution in [3.63, 3.8) is 0 Å². The zero-order chi connectivity index (χ0) is 17.6. The highest BCUT2D eigenvalue weighted by Gasteiger charge is 2.14. The van der Waals surface area contributed by atoms with Crippen LogP contribution in [-0.4, -0.2) is 51.5 Å². The summed E-state index contributed by atoms with van der Waals surface area (Å²) in [5, 5.41) is 6.80. The van der Waals surface area contributed by atoms with Gasteiger partial charge in [-0.15, -0.1) is 24.0 Å². The van der Waals surface area contributed by atoms with E-state index in [1.54, 1.807) is 0 Å². The summed E-state index contributed by atoms with van der Waals surface area (Å²) in [5.41, 5.74) is 0. The Labute approximate surface area is 177 Å². The van der Waals surface area contributed by atoms with Gasteiger partial charge >= 0.3 is 0 Å². The SMILES string of the molecule is CCNC(=NCCCOC1CCOCC1)NCCCCC1CCCC1.I. The summed E-state index contributed by atoms with van der Waals surface area (Å²) in [7, 11) is 0. The highest BCUT2D eigenvalue weighted by atomic mass is 127. The number of rotatable bonds is 11. The second kappa shape index (κ2) is 15.9. The summed E-state index contributed by atoms with van der Waals surface area (Å²) >= 11 is 0. The second-order valence-electron chi connectivity index (χ2n) is 7.37. The lowest BCUT2D eigenvalue weighted by atomic mass is 10.0. The summed E-state index contributed by atoms with van der Waals surface area (Å²) in [6.07, 6.45) is 13.3. The first-order valence-electron chi connectivity index (χ1n) is 10.6. The molecule has 1 aliphatic heterocycles. The lowest BCUT2D eigenvalue weighted by Crippen LogP contribution is -2.38. The van der Waals surface area contributed by atoms with E-state index >= 15 is 0 Å². The minimum Gasteiger partial charge on any atom is -0.381 e. The van der Waals surface area contributed by atoms with Crippen molar-refractivity contribution in [1.82, 2.24) is 10.6 Å². The molecule has 2 fully saturated rings. The van der Waals surface area contributed by atoms with E-state index in [4.69, 9.17) is 9.47 Å². The van der Waals surface area contributed by atoms with Crippen LogP contribution in [-0.2, 0) is 9.47 Å². The van der Waals surface area contributed by atoms with E-state index in [1.165, 1.54) is 44.9 Å². The Balaban J connectivity index is 0.00000338. The number of guanidine groups is 1. The largest absolute Gasteiger partial charge is 0.381 e. The highest BCUT2D eigenvalue weighted by molar-refractivity contribution is 14.0. The highest BCUT2D eigenvalue weighted by Crippen LogP contribution is 2.28. The zero-order valence-corrected chi connectivity index (χ0v) is 19.0. The number of nitrogens with one attached hydrogen (secondary N) is 2. The fourth-order valence-corrected chi connectivity index (χ4v) is 3.75. The lowest BCUT2D eigenvalue weighted by Gasteiger charge is -2.22. The Bertz CT molecular complexity index is 357. The molecular formula is C20H40IN3O2. The van der Waals surface area contributed by atoms with Gasteiger partial charge in [0.25, 0.3) is 0 Å². The van der Waals surface area contributed by atoms with Crippen LogP contribution >= 0.6 is 24.0 Å². The van der Waals surface area contributed by atoms with Crippen LogP contribution in [0.1, 0.15) is 71.1 Å². The molecule has 1 heterocycles. The van der Waals surface area contributed by atoms with Crippen LogP contribution in [0.15, 0.2) is 4.99 Å². The van der Waals surface area contributed by atoms with Crippen LogP contribution in [0.5, 0.6) is 0 Å². The summed E-state index contributed by atoms with van der Waals surface area (Å²) < 4.78 is 11.2. The van der Waals surface area contributed by atoms with Gasteiger partial charge in [-0.3, -0.25) is 4.99 Å². The van der Waals surface area contributed by atoms with Gasteiger partial charge in [0.15, 0.2) is 5.96 Å². The number of unbranched alkanes of at least 4 members (excludes halogenated alkanes) is 1. The molecule has 0 atom stereocenters. The molecule has 0 radical (unpaired) electrons. The molecule has 0 unspecified atom stereocenters. The monoisotopic (exact) mass is 481 g/mol. The molecule has 0 bridgehead atoms. The lowest BCUT2D eigenvalue weighted by molar-refractivity contribution is -0.0318. The molecule has 5 nitrogen and oxygen atoms in total. The second-order valence-corrected chi connectivity index (χ2v) is 7.37. The van der Waals surface area contributed by atoms with Crippen LogP contribution in [0, 0.1) is 5.92 Å². The van der Waals surface area contributed by atoms with E-state index in [0.717, 1.165) is 70.6 Å². The average molecular weight is 481 g/mol. The van der Waals surface area contributed by atoms with Crippen molar-refractivity contribution >= 4 is 29.9 Å². The minimum absolute atomic E-state index is 0. The first-order chi connectivity index (χ1) is 12.4. The van der Waals surface area contributed by atoms with Gasteiger partial charge in [0, 0.05) is 39.5 Å². The van der Waals surface area contributed by atoms with Gasteiger partial charge in [-0.25, -0.2) is 0 Å². The van der Waals surface area contributed by atoms with Gasteiger partial charge in [0.2, 0.25) is 0 Å². The molecule has 6 heteroatoms. The standard InChI is InChI=1S/C20H39N3O2.HI/c1-2-21-20(22-13-6-5-10-18-8-3-4-9-18)23-14-7-15-25-19-11-16-24-17-12-19;/h18-19H,2-17H2,1H3,(H2,21,22,23);1H. The van der Waals surface area contributed by atoms with Gasteiger partial charge in [-0.2, -0.15) is 0 Å². The molecule has 0 aromatic rings. The molecule has 1 aliphatic carbocycles. The Morgan fingerprint density at radius 2 is 1.81 bits per heavy atom. The number of ether oxygens (including phenoxy) is 2. The van der Waals surface area contributed by atoms with Crippen molar-refractivity contribution in [1.29, 1.82) is 0 Å². The van der Waals surface area contributed by atoms with E-state index in [9.17, 15) is 0 Å². The first kappa shape index (κ1) is 24.0. The molecule has 2 rings (SSSR count). The molecule has 0 aromatic heterocycles. The van der Waals surface area contributed by atoms with E-state index in [-0.39, 0.29) is 24.0 Å². The van der Waals surface area contributed by atoms with Crippen molar-refractivity contribution in [2.24, 2.45) is 10.9 Å². The van der Waals surface area contributed by atoms with E-state index in [0.29, 0.717) is 6.10 Å². The zero-order valence-electron chi connectivity index (χ0n) is 16.6. The minimum atomic E-state index is 0. The third-order valence-corrected chi connectivity index (χ3v) is 5.24. The average Bonchev–Trinajstić information content (AvgIpc) is 3.15. The predicted octanol–water partition coefficient (Wildman–Crippen LogP) is 4.11. The molecular weight excluding hydrogens is 441 g/mol. The topological polar surface area (TPSA) is 54.9 Å². The number of hydrogen-bond donors (Lipinski definition) is 2. The number of aliphatic imine (C=N–C) groups is 1. The first-order valence-corrected chi connectivity index (χ1v) is 10.6. The molecule has 2 aliphatic rings. The van der Waals surface area contributed by atoms with Crippen molar-refractivity contribution in [3.8, 4) is 0 Å². The molecule has 26 heavy (non-hydrogen) atoms. The normalized spacial score (nSPS) is 19.3. The van der Waals surface area contributed by atoms with Crippen molar-refractivity contribution < 1.29 is 9.47 Å². The quantitative estimate of drug-likeness (QED) is 0.202. The van der Waals surface area contributed by atoms with Crippen LogP contribution < -0.4 is 10.6 Å². The third kappa shape index (κ3) is 10.9. The summed E-state index contributed by atoms with van der Waals surface area (Å²) in [6.45, 7) is 7.36. The number of halogens is 1. The number of hydrogen-bond acceptors (Lipinski definition) is 3. The maximum atomic E-state index is 5.90. The Morgan fingerprint density at radius 3 is 2.54 bits per heavy atom. The van der Waals surface area contributed by atoms with Gasteiger partial charge in [0.05, 0.1) is 6.10 Å². The molecule has 2 N–H and O–H groups in total. The Hall–Kier alpha value is -0.0800.